The Bertz CT molecular complexity index is 1090. The van der Waals surface area contributed by atoms with E-state index in [0.29, 0.717) is 41.3 Å². The molecule has 0 aromatic heterocycles. The van der Waals surface area contributed by atoms with E-state index in [1.807, 2.05) is 13.0 Å². The zero-order chi connectivity index (χ0) is 22.1. The summed E-state index contributed by atoms with van der Waals surface area (Å²) in [6.45, 7) is 1.98. The third-order valence-electron chi connectivity index (χ3n) is 5.84. The zero-order valence-corrected chi connectivity index (χ0v) is 17.7. The average molecular weight is 420 g/mol. The highest BCUT2D eigenvalue weighted by Crippen LogP contribution is 2.40. The molecule has 1 heterocycles. The highest BCUT2D eigenvalue weighted by atomic mass is 16.5. The van der Waals surface area contributed by atoms with Crippen molar-refractivity contribution in [3.63, 3.8) is 0 Å². The largest absolute Gasteiger partial charge is 0.497 e. The van der Waals surface area contributed by atoms with Crippen LogP contribution in [0, 0.1) is 11.8 Å². The minimum Gasteiger partial charge on any atom is -0.497 e. The molecular formula is C24H24N2O5. The van der Waals surface area contributed by atoms with Crippen LogP contribution in [0.3, 0.4) is 0 Å². The number of benzene rings is 2. The number of carbonyl (C=O) groups is 3. The number of nitrogens with zero attached hydrogens (tertiary/aromatic N) is 1. The van der Waals surface area contributed by atoms with Gasteiger partial charge in [-0.2, -0.15) is 0 Å². The van der Waals surface area contributed by atoms with Gasteiger partial charge in [0.1, 0.15) is 11.5 Å². The number of anilines is 2. The number of nitrogens with one attached hydrogen (secondary N) is 1. The Morgan fingerprint density at radius 3 is 2.55 bits per heavy atom. The number of ether oxygens (including phenoxy) is 2. The maximum Gasteiger partial charge on any atom is 0.255 e. The van der Waals surface area contributed by atoms with E-state index in [2.05, 4.69) is 5.32 Å². The Morgan fingerprint density at radius 1 is 1.03 bits per heavy atom. The molecule has 0 bridgehead atoms. The van der Waals surface area contributed by atoms with Crippen molar-refractivity contribution in [2.24, 2.45) is 11.8 Å². The Balaban J connectivity index is 1.59. The van der Waals surface area contributed by atoms with E-state index in [4.69, 9.17) is 9.47 Å². The number of methoxy groups -OCH3 is 2. The SMILES string of the molecule is COc1ccc(OC)c(NC(=O)c2cccc(N3C(=O)[C@H]4CC(C)=CC[C@H]4C3=O)c2)c1. The molecule has 1 saturated heterocycles. The summed E-state index contributed by atoms with van der Waals surface area (Å²) in [7, 11) is 3.05. The maximum atomic E-state index is 13.0. The molecule has 31 heavy (non-hydrogen) atoms. The summed E-state index contributed by atoms with van der Waals surface area (Å²) in [6.07, 6.45) is 3.20. The summed E-state index contributed by atoms with van der Waals surface area (Å²) in [6, 6.07) is 11.6. The van der Waals surface area contributed by atoms with Gasteiger partial charge in [-0.3, -0.25) is 19.3 Å². The topological polar surface area (TPSA) is 84.9 Å². The first-order chi connectivity index (χ1) is 14.9. The number of imide groups is 1. The van der Waals surface area contributed by atoms with Crippen LogP contribution in [0.2, 0.25) is 0 Å². The van der Waals surface area contributed by atoms with E-state index in [0.717, 1.165) is 5.57 Å². The van der Waals surface area contributed by atoms with Crippen LogP contribution in [0.4, 0.5) is 11.4 Å². The molecule has 0 saturated carbocycles. The molecule has 0 unspecified atom stereocenters. The van der Waals surface area contributed by atoms with Crippen LogP contribution in [0.25, 0.3) is 0 Å². The molecule has 1 N–H and O–H groups in total. The van der Waals surface area contributed by atoms with Crippen LogP contribution in [-0.2, 0) is 9.59 Å². The first-order valence-corrected chi connectivity index (χ1v) is 10.1. The predicted molar refractivity (Wildman–Crippen MR) is 116 cm³/mol. The second-order valence-corrected chi connectivity index (χ2v) is 7.79. The Labute approximate surface area is 180 Å². The highest BCUT2D eigenvalue weighted by Gasteiger charge is 2.48. The fourth-order valence-electron chi connectivity index (χ4n) is 4.18. The van der Waals surface area contributed by atoms with E-state index >= 15 is 0 Å². The van der Waals surface area contributed by atoms with Crippen molar-refractivity contribution in [3.05, 3.63) is 59.7 Å². The fourth-order valence-corrected chi connectivity index (χ4v) is 4.18. The molecule has 0 spiro atoms. The zero-order valence-electron chi connectivity index (χ0n) is 17.7. The van der Waals surface area contributed by atoms with Gasteiger partial charge in [-0.15, -0.1) is 0 Å². The Kier molecular flexibility index (Phi) is 5.50. The van der Waals surface area contributed by atoms with E-state index in [1.54, 1.807) is 42.5 Å². The van der Waals surface area contributed by atoms with Crippen molar-refractivity contribution in [2.45, 2.75) is 19.8 Å². The molecule has 1 aliphatic carbocycles. The molecule has 3 amide bonds. The van der Waals surface area contributed by atoms with Crippen LogP contribution < -0.4 is 19.7 Å². The average Bonchev–Trinajstić information content (AvgIpc) is 3.03. The van der Waals surface area contributed by atoms with Gasteiger partial charge < -0.3 is 14.8 Å². The smallest absolute Gasteiger partial charge is 0.255 e. The van der Waals surface area contributed by atoms with Gasteiger partial charge in [0, 0.05) is 11.6 Å². The van der Waals surface area contributed by atoms with Gasteiger partial charge in [-0.05, 0) is 50.1 Å². The monoisotopic (exact) mass is 420 g/mol. The lowest BCUT2D eigenvalue weighted by molar-refractivity contribution is -0.122. The maximum absolute atomic E-state index is 13.0. The van der Waals surface area contributed by atoms with Crippen molar-refractivity contribution in [3.8, 4) is 11.5 Å². The first kappa shape index (κ1) is 20.7. The Morgan fingerprint density at radius 2 is 1.81 bits per heavy atom. The summed E-state index contributed by atoms with van der Waals surface area (Å²) >= 11 is 0. The molecule has 2 aromatic carbocycles. The highest BCUT2D eigenvalue weighted by molar-refractivity contribution is 6.22. The summed E-state index contributed by atoms with van der Waals surface area (Å²) in [5.41, 5.74) is 2.32. The second-order valence-electron chi connectivity index (χ2n) is 7.79. The van der Waals surface area contributed by atoms with Crippen molar-refractivity contribution in [1.82, 2.24) is 0 Å². The molecule has 4 rings (SSSR count). The van der Waals surface area contributed by atoms with Gasteiger partial charge in [0.15, 0.2) is 0 Å². The van der Waals surface area contributed by atoms with Gasteiger partial charge in [0.2, 0.25) is 11.8 Å². The third kappa shape index (κ3) is 3.79. The second kappa shape index (κ2) is 8.26. The van der Waals surface area contributed by atoms with Crippen LogP contribution in [0.15, 0.2) is 54.1 Å². The van der Waals surface area contributed by atoms with Gasteiger partial charge in [0.25, 0.3) is 5.91 Å². The fraction of sp³-hybridized carbons (Fsp3) is 0.292. The number of fused-ring (bicyclic) bond motifs is 1. The molecule has 7 heteroatoms. The van der Waals surface area contributed by atoms with E-state index in [-0.39, 0.29) is 29.6 Å². The van der Waals surface area contributed by atoms with Crippen LogP contribution >= 0.6 is 0 Å². The van der Waals surface area contributed by atoms with Gasteiger partial charge >= 0.3 is 0 Å². The number of hydrogen-bond donors (Lipinski definition) is 1. The van der Waals surface area contributed by atoms with E-state index < -0.39 is 0 Å². The summed E-state index contributed by atoms with van der Waals surface area (Å²) < 4.78 is 10.5. The van der Waals surface area contributed by atoms with Gasteiger partial charge in [-0.1, -0.05) is 17.7 Å². The predicted octanol–water partition coefficient (Wildman–Crippen LogP) is 3.80. The normalized spacial score (nSPS) is 20.2. The Hall–Kier alpha value is -3.61. The number of carbonyl (C=O) groups excluding carboxylic acids is 3. The third-order valence-corrected chi connectivity index (χ3v) is 5.84. The van der Waals surface area contributed by atoms with Crippen molar-refractivity contribution in [1.29, 1.82) is 0 Å². The number of amides is 3. The van der Waals surface area contributed by atoms with Crippen molar-refractivity contribution >= 4 is 29.1 Å². The standard InChI is InChI=1S/C24H24N2O5/c1-14-7-9-18-19(11-14)24(29)26(23(18)28)16-6-4-5-15(12-16)22(27)25-20-13-17(30-2)8-10-21(20)31-3/h4-8,10,12-13,18-19H,9,11H2,1-3H3,(H,25,27)/t18-,19+/m1/s1. The summed E-state index contributed by atoms with van der Waals surface area (Å²) in [5.74, 6) is -0.375. The molecule has 7 nitrogen and oxygen atoms in total. The summed E-state index contributed by atoms with van der Waals surface area (Å²) in [5, 5.41) is 2.81. The molecule has 2 aromatic rings. The molecule has 1 aliphatic heterocycles. The number of allylic oxidation sites excluding steroid dienone is 2. The van der Waals surface area contributed by atoms with E-state index in [1.165, 1.54) is 19.1 Å². The molecule has 0 radical (unpaired) electrons. The molecule has 2 atom stereocenters. The lowest BCUT2D eigenvalue weighted by atomic mass is 9.82. The minimum atomic E-state index is -0.387. The lowest BCUT2D eigenvalue weighted by Crippen LogP contribution is -2.31. The quantitative estimate of drug-likeness (QED) is 0.587. The minimum absolute atomic E-state index is 0.200. The number of hydrogen-bond acceptors (Lipinski definition) is 5. The molecule has 1 fully saturated rings. The lowest BCUT2D eigenvalue weighted by Gasteiger charge is -2.18. The van der Waals surface area contributed by atoms with Gasteiger partial charge in [-0.25, -0.2) is 0 Å². The molecular weight excluding hydrogens is 396 g/mol. The van der Waals surface area contributed by atoms with Crippen LogP contribution in [0.5, 0.6) is 11.5 Å². The first-order valence-electron chi connectivity index (χ1n) is 10.1. The number of rotatable bonds is 5. The molecule has 160 valence electrons. The van der Waals surface area contributed by atoms with Crippen LogP contribution in [0.1, 0.15) is 30.1 Å². The van der Waals surface area contributed by atoms with Gasteiger partial charge in [0.05, 0.1) is 37.4 Å². The van der Waals surface area contributed by atoms with Crippen molar-refractivity contribution in [2.75, 3.05) is 24.4 Å². The van der Waals surface area contributed by atoms with Crippen molar-refractivity contribution < 1.29 is 23.9 Å². The van der Waals surface area contributed by atoms with Crippen LogP contribution in [-0.4, -0.2) is 31.9 Å². The molecule has 2 aliphatic rings. The van der Waals surface area contributed by atoms with E-state index in [9.17, 15) is 14.4 Å². The summed E-state index contributed by atoms with van der Waals surface area (Å²) in [4.78, 5) is 40.0.